The topological polar surface area (TPSA) is 155 Å². The predicted molar refractivity (Wildman–Crippen MR) is 83.9 cm³/mol. The van der Waals surface area contributed by atoms with E-state index in [1.807, 2.05) is 0 Å². The average Bonchev–Trinajstić information content (AvgIpc) is 3.02. The van der Waals surface area contributed by atoms with Crippen LogP contribution in [-0.4, -0.2) is 63.2 Å². The fraction of sp³-hybridized carbons (Fsp3) is 0.583. The van der Waals surface area contributed by atoms with E-state index in [4.69, 9.17) is 19.7 Å². The van der Waals surface area contributed by atoms with Gasteiger partial charge in [-0.05, 0) is 0 Å². The van der Waals surface area contributed by atoms with Gasteiger partial charge in [0.25, 0.3) is 5.56 Å². The van der Waals surface area contributed by atoms with Crippen LogP contribution in [0.15, 0.2) is 11.1 Å². The maximum atomic E-state index is 14.9. The van der Waals surface area contributed by atoms with Crippen molar-refractivity contribution in [1.29, 1.82) is 0 Å². The van der Waals surface area contributed by atoms with Crippen molar-refractivity contribution in [2.75, 3.05) is 26.1 Å². The third-order valence-electron chi connectivity index (χ3n) is 3.64. The molecule has 0 radical (unpaired) electrons. The fourth-order valence-electron chi connectivity index (χ4n) is 2.70. The molecule has 4 N–H and O–H groups in total. The second-order valence-electron chi connectivity index (χ2n) is 5.61. The van der Waals surface area contributed by atoms with E-state index in [0.717, 1.165) is 6.66 Å². The van der Waals surface area contributed by atoms with Crippen LogP contribution in [0.4, 0.5) is 10.3 Å². The van der Waals surface area contributed by atoms with Crippen molar-refractivity contribution in [3.8, 4) is 0 Å². The van der Waals surface area contributed by atoms with Gasteiger partial charge in [-0.3, -0.25) is 23.4 Å². The van der Waals surface area contributed by atoms with Gasteiger partial charge in [0.15, 0.2) is 23.6 Å². The number of aromatic amines is 1. The number of nitrogen functional groups attached to an aromatic ring is 1. The molecule has 0 aliphatic carbocycles. The first-order valence-corrected chi connectivity index (χ1v) is 9.23. The molecule has 0 bridgehead atoms. The number of nitrogens with one attached hydrogen (secondary N) is 1. The van der Waals surface area contributed by atoms with Crippen LogP contribution in [0.2, 0.25) is 0 Å². The summed E-state index contributed by atoms with van der Waals surface area (Å²) < 4.78 is 43.1. The van der Waals surface area contributed by atoms with E-state index in [1.165, 1.54) is 18.0 Å². The van der Waals surface area contributed by atoms with Crippen LogP contribution in [0, 0.1) is 0 Å². The lowest BCUT2D eigenvalue weighted by Crippen LogP contribution is -2.33. The van der Waals surface area contributed by atoms with Crippen LogP contribution in [0.25, 0.3) is 11.2 Å². The minimum atomic E-state index is -3.97. The number of anilines is 1. The van der Waals surface area contributed by atoms with E-state index in [2.05, 4.69) is 15.0 Å². The molecular weight excluding hydrogens is 360 g/mol. The number of halogens is 1. The number of alkyl halides is 1. The SMILES string of the molecule is COC[C@H]1O[C@@H](n2cnc3c(=O)[nH]c(N)nc32)[C@@H](F)C1OP(C)(=O)O. The van der Waals surface area contributed by atoms with Gasteiger partial charge in [0.05, 0.1) is 12.9 Å². The first-order chi connectivity index (χ1) is 11.7. The largest absolute Gasteiger partial charge is 0.382 e. The highest BCUT2D eigenvalue weighted by molar-refractivity contribution is 7.51. The summed E-state index contributed by atoms with van der Waals surface area (Å²) in [7, 11) is -2.60. The number of methoxy groups -OCH3 is 1. The van der Waals surface area contributed by atoms with Crippen molar-refractivity contribution < 1.29 is 27.8 Å². The molecule has 1 aliphatic rings. The number of hydrogen-bond donors (Lipinski definition) is 3. The second-order valence-corrected chi connectivity index (χ2v) is 7.43. The molecule has 1 aliphatic heterocycles. The number of rotatable bonds is 5. The Bertz CT molecular complexity index is 880. The standard InChI is InChI=1S/C12H17FN5O6P/c1-22-3-5-8(24-25(2,20)21)6(13)11(23-5)18-4-15-7-9(18)16-12(14)17-10(7)19/h4-6,8,11H,3H2,1-2H3,(H,20,21)(H3,14,16,17,19)/t5-,6+,8?,11-/m1/s1. The minimum absolute atomic E-state index is 0.0226. The highest BCUT2D eigenvalue weighted by Gasteiger charge is 2.49. The summed E-state index contributed by atoms with van der Waals surface area (Å²) in [6.07, 6.45) is -4.22. The smallest absolute Gasteiger partial charge is 0.325 e. The summed E-state index contributed by atoms with van der Waals surface area (Å²) in [5.41, 5.74) is 4.92. The lowest BCUT2D eigenvalue weighted by atomic mass is 10.1. The van der Waals surface area contributed by atoms with Gasteiger partial charge >= 0.3 is 7.60 Å². The molecule has 2 unspecified atom stereocenters. The highest BCUT2D eigenvalue weighted by Crippen LogP contribution is 2.45. The number of imidazole rings is 1. The molecule has 5 atom stereocenters. The second kappa shape index (κ2) is 6.46. The van der Waals surface area contributed by atoms with Crippen LogP contribution in [0.1, 0.15) is 6.23 Å². The number of fused-ring (bicyclic) bond motifs is 1. The van der Waals surface area contributed by atoms with Crippen LogP contribution in [-0.2, 0) is 18.6 Å². The number of H-pyrrole nitrogens is 1. The van der Waals surface area contributed by atoms with Gasteiger partial charge in [0.1, 0.15) is 12.2 Å². The van der Waals surface area contributed by atoms with Gasteiger partial charge in [-0.1, -0.05) is 0 Å². The Kier molecular flexibility index (Phi) is 4.64. The van der Waals surface area contributed by atoms with Crippen molar-refractivity contribution in [1.82, 2.24) is 19.5 Å². The van der Waals surface area contributed by atoms with Gasteiger partial charge < -0.3 is 20.1 Å². The lowest BCUT2D eigenvalue weighted by Gasteiger charge is -2.20. The summed E-state index contributed by atoms with van der Waals surface area (Å²) in [6.45, 7) is 0.885. The zero-order chi connectivity index (χ0) is 18.4. The number of hydrogen-bond acceptors (Lipinski definition) is 8. The third-order valence-corrected chi connectivity index (χ3v) is 4.27. The Hall–Kier alpha value is -1.85. The molecular formula is C12H17FN5O6P. The minimum Gasteiger partial charge on any atom is -0.382 e. The molecule has 11 nitrogen and oxygen atoms in total. The first-order valence-electron chi connectivity index (χ1n) is 7.20. The van der Waals surface area contributed by atoms with E-state index in [0.29, 0.717) is 0 Å². The Morgan fingerprint density at radius 2 is 2.32 bits per heavy atom. The summed E-state index contributed by atoms with van der Waals surface area (Å²) in [6, 6.07) is 0. The summed E-state index contributed by atoms with van der Waals surface area (Å²) in [4.78, 5) is 31.4. The van der Waals surface area contributed by atoms with Crippen molar-refractivity contribution in [2.45, 2.75) is 24.6 Å². The first kappa shape index (κ1) is 18.0. The molecule has 13 heteroatoms. The molecule has 2 aromatic heterocycles. The van der Waals surface area contributed by atoms with E-state index in [9.17, 15) is 18.6 Å². The quantitative estimate of drug-likeness (QED) is 0.600. The zero-order valence-corrected chi connectivity index (χ0v) is 14.2. The molecule has 1 fully saturated rings. The Morgan fingerprint density at radius 1 is 1.60 bits per heavy atom. The fourth-order valence-corrected chi connectivity index (χ4v) is 3.40. The molecule has 0 spiro atoms. The van der Waals surface area contributed by atoms with Crippen LogP contribution in [0.5, 0.6) is 0 Å². The number of ether oxygens (including phenoxy) is 2. The molecule has 0 aromatic carbocycles. The normalized spacial score (nSPS) is 29.1. The van der Waals surface area contributed by atoms with Crippen LogP contribution < -0.4 is 11.3 Å². The molecule has 1 saturated heterocycles. The van der Waals surface area contributed by atoms with Gasteiger partial charge in [0, 0.05) is 13.8 Å². The van der Waals surface area contributed by atoms with Crippen molar-refractivity contribution in [3.63, 3.8) is 0 Å². The van der Waals surface area contributed by atoms with Gasteiger partial charge in [-0.25, -0.2) is 9.37 Å². The third kappa shape index (κ3) is 3.44. The zero-order valence-electron chi connectivity index (χ0n) is 13.3. The Morgan fingerprint density at radius 3 is 2.96 bits per heavy atom. The number of nitrogens with zero attached hydrogens (tertiary/aromatic N) is 3. The van der Waals surface area contributed by atoms with Gasteiger partial charge in [0.2, 0.25) is 5.95 Å². The predicted octanol–water partition coefficient (Wildman–Crippen LogP) is -0.216. The van der Waals surface area contributed by atoms with Crippen molar-refractivity contribution >= 4 is 24.7 Å². The molecule has 0 saturated carbocycles. The molecule has 138 valence electrons. The lowest BCUT2D eigenvalue weighted by molar-refractivity contribution is -0.0523. The van der Waals surface area contributed by atoms with Gasteiger partial charge in [-0.2, -0.15) is 4.98 Å². The van der Waals surface area contributed by atoms with E-state index in [-0.39, 0.29) is 23.7 Å². The number of nitrogens with two attached hydrogens (primary N) is 1. The Labute approximate surface area is 140 Å². The summed E-state index contributed by atoms with van der Waals surface area (Å²) in [5, 5.41) is 0. The molecule has 3 heterocycles. The van der Waals surface area contributed by atoms with Crippen molar-refractivity contribution in [2.24, 2.45) is 0 Å². The summed E-state index contributed by atoms with van der Waals surface area (Å²) in [5.74, 6) is -0.165. The molecule has 3 rings (SSSR count). The van der Waals surface area contributed by atoms with Crippen LogP contribution in [0.3, 0.4) is 0 Å². The molecule has 2 aromatic rings. The number of aromatic nitrogens is 4. The van der Waals surface area contributed by atoms with E-state index >= 15 is 0 Å². The van der Waals surface area contributed by atoms with Gasteiger partial charge in [-0.15, -0.1) is 0 Å². The molecule has 0 amide bonds. The van der Waals surface area contributed by atoms with E-state index in [1.54, 1.807) is 0 Å². The Balaban J connectivity index is 2.00. The summed E-state index contributed by atoms with van der Waals surface area (Å²) >= 11 is 0. The monoisotopic (exact) mass is 377 g/mol. The maximum Gasteiger partial charge on any atom is 0.325 e. The highest BCUT2D eigenvalue weighted by atomic mass is 31.2. The van der Waals surface area contributed by atoms with E-state index < -0.39 is 37.8 Å². The average molecular weight is 377 g/mol. The van der Waals surface area contributed by atoms with Crippen LogP contribution >= 0.6 is 7.60 Å². The molecule has 25 heavy (non-hydrogen) atoms. The van der Waals surface area contributed by atoms with Crippen molar-refractivity contribution in [3.05, 3.63) is 16.7 Å². The maximum absolute atomic E-state index is 14.9.